The molecule has 0 amide bonds. The van der Waals surface area contributed by atoms with Crippen LogP contribution in [-0.4, -0.2) is 6.61 Å². The van der Waals surface area contributed by atoms with E-state index in [0.29, 0.717) is 12.4 Å². The minimum atomic E-state index is 0.569. The van der Waals surface area contributed by atoms with E-state index in [2.05, 4.69) is 16.4 Å². The Morgan fingerprint density at radius 3 is 2.20 bits per heavy atom. The van der Waals surface area contributed by atoms with Gasteiger partial charge in [-0.1, -0.05) is 6.58 Å². The zero-order valence-corrected chi connectivity index (χ0v) is 2.73. The van der Waals surface area contributed by atoms with Crippen LogP contribution >= 0.6 is 0 Å². The summed E-state index contributed by atoms with van der Waals surface area (Å²) in [5.74, 6) is 0.713. The summed E-state index contributed by atoms with van der Waals surface area (Å²) < 4.78 is 0. The second kappa shape index (κ2) is 0.723. The highest BCUT2D eigenvalue weighted by atomic mass is 17.2. The number of rotatable bonds is 0. The van der Waals surface area contributed by atoms with Gasteiger partial charge in [-0.25, -0.2) is 0 Å². The molecule has 1 fully saturated rings. The highest BCUT2D eigenvalue weighted by Gasteiger charge is 2.05. The molecule has 0 atom stereocenters. The Hall–Kier alpha value is -0.500. The number of hydrogen-bond acceptors (Lipinski definition) is 2. The molecule has 1 aliphatic heterocycles. The van der Waals surface area contributed by atoms with Crippen molar-refractivity contribution < 1.29 is 9.78 Å². The van der Waals surface area contributed by atoms with Gasteiger partial charge in [-0.15, -0.1) is 0 Å². The first-order chi connectivity index (χ1) is 2.39. The summed E-state index contributed by atoms with van der Waals surface area (Å²) in [6, 6.07) is 0. The summed E-state index contributed by atoms with van der Waals surface area (Å²) in [5, 5.41) is 0. The van der Waals surface area contributed by atoms with E-state index < -0.39 is 0 Å². The molecular formula is C3H4O2. The Bertz CT molecular complexity index is 51.9. The SMILES string of the molecule is C=C1COO1. The molecule has 0 spiro atoms. The molecular weight excluding hydrogens is 68.0 g/mol. The minimum Gasteiger partial charge on any atom is -0.340 e. The van der Waals surface area contributed by atoms with Gasteiger partial charge in [0.25, 0.3) is 0 Å². The van der Waals surface area contributed by atoms with Gasteiger partial charge in [0.15, 0.2) is 12.4 Å². The summed E-state index contributed by atoms with van der Waals surface area (Å²) >= 11 is 0. The van der Waals surface area contributed by atoms with Crippen LogP contribution in [0.4, 0.5) is 0 Å². The molecule has 0 N–H and O–H groups in total. The van der Waals surface area contributed by atoms with Crippen LogP contribution in [0, 0.1) is 0 Å². The van der Waals surface area contributed by atoms with Gasteiger partial charge in [-0.2, -0.15) is 4.89 Å². The lowest BCUT2D eigenvalue weighted by Gasteiger charge is -2.13. The minimum absolute atomic E-state index is 0.569. The molecule has 5 heavy (non-hydrogen) atoms. The first-order valence-electron chi connectivity index (χ1n) is 1.37. The van der Waals surface area contributed by atoms with Crippen molar-refractivity contribution in [2.45, 2.75) is 0 Å². The van der Waals surface area contributed by atoms with E-state index in [0.717, 1.165) is 0 Å². The maximum Gasteiger partial charge on any atom is 0.165 e. The Labute approximate surface area is 29.9 Å². The zero-order chi connectivity index (χ0) is 3.70. The molecule has 0 saturated carbocycles. The van der Waals surface area contributed by atoms with E-state index in [1.165, 1.54) is 0 Å². The Balaban J connectivity index is 2.32. The molecule has 1 aliphatic rings. The van der Waals surface area contributed by atoms with Crippen LogP contribution in [-0.2, 0) is 9.78 Å². The Kier molecular flexibility index (Phi) is 0.394. The van der Waals surface area contributed by atoms with Crippen molar-refractivity contribution >= 4 is 0 Å². The van der Waals surface area contributed by atoms with Crippen LogP contribution < -0.4 is 0 Å². The molecule has 1 heterocycles. The highest BCUT2D eigenvalue weighted by molar-refractivity contribution is 4.83. The fraction of sp³-hybridized carbons (Fsp3) is 0.333. The molecule has 1 rings (SSSR count). The topological polar surface area (TPSA) is 18.5 Å². The summed E-state index contributed by atoms with van der Waals surface area (Å²) in [6.45, 7) is 3.98. The van der Waals surface area contributed by atoms with E-state index in [-0.39, 0.29) is 0 Å². The first kappa shape index (κ1) is 2.72. The maximum atomic E-state index is 4.24. The first-order valence-corrected chi connectivity index (χ1v) is 1.37. The van der Waals surface area contributed by atoms with Crippen molar-refractivity contribution in [1.29, 1.82) is 0 Å². The van der Waals surface area contributed by atoms with Crippen molar-refractivity contribution in [2.24, 2.45) is 0 Å². The predicted octanol–water partition coefficient (Wildman–Crippen LogP) is 0.462. The van der Waals surface area contributed by atoms with Crippen molar-refractivity contribution in [3.8, 4) is 0 Å². The van der Waals surface area contributed by atoms with E-state index in [9.17, 15) is 0 Å². The average Bonchev–Trinajstić information content (AvgIpc) is 1.30. The normalized spacial score (nSPS) is 20.4. The zero-order valence-electron chi connectivity index (χ0n) is 2.73. The smallest absolute Gasteiger partial charge is 0.165 e. The lowest BCUT2D eigenvalue weighted by molar-refractivity contribution is -0.335. The van der Waals surface area contributed by atoms with Gasteiger partial charge >= 0.3 is 0 Å². The van der Waals surface area contributed by atoms with E-state index in [1.807, 2.05) is 0 Å². The van der Waals surface area contributed by atoms with Crippen molar-refractivity contribution in [1.82, 2.24) is 0 Å². The van der Waals surface area contributed by atoms with Gasteiger partial charge in [0.2, 0.25) is 0 Å². The van der Waals surface area contributed by atoms with E-state index >= 15 is 0 Å². The van der Waals surface area contributed by atoms with Crippen LogP contribution in [0.5, 0.6) is 0 Å². The molecule has 0 radical (unpaired) electrons. The third kappa shape index (κ3) is 0.260. The standard InChI is InChI=1S/C3H4O2/c1-3-2-4-5-3/h1-2H2. The molecule has 0 aromatic carbocycles. The van der Waals surface area contributed by atoms with Gasteiger partial charge in [-0.05, 0) is 0 Å². The van der Waals surface area contributed by atoms with Crippen molar-refractivity contribution in [2.75, 3.05) is 6.61 Å². The van der Waals surface area contributed by atoms with Gasteiger partial charge in [0, 0.05) is 0 Å². The molecule has 0 aromatic heterocycles. The Morgan fingerprint density at radius 1 is 1.80 bits per heavy atom. The second-order valence-corrected chi connectivity index (χ2v) is 0.884. The van der Waals surface area contributed by atoms with E-state index in [4.69, 9.17) is 0 Å². The molecule has 0 bridgehead atoms. The molecule has 1 saturated heterocycles. The summed E-state index contributed by atoms with van der Waals surface area (Å²) in [7, 11) is 0. The number of hydrogen-bond donors (Lipinski definition) is 0. The second-order valence-electron chi connectivity index (χ2n) is 0.884. The fourth-order valence-corrected chi connectivity index (χ4v) is 0.142. The summed E-state index contributed by atoms with van der Waals surface area (Å²) in [5.41, 5.74) is 0. The van der Waals surface area contributed by atoms with Crippen LogP contribution in [0.25, 0.3) is 0 Å². The summed E-state index contributed by atoms with van der Waals surface area (Å²) in [6.07, 6.45) is 0. The van der Waals surface area contributed by atoms with Gasteiger partial charge in [0.05, 0.1) is 0 Å². The summed E-state index contributed by atoms with van der Waals surface area (Å²) in [4.78, 5) is 8.47. The van der Waals surface area contributed by atoms with Crippen molar-refractivity contribution in [3.05, 3.63) is 12.3 Å². The fourth-order valence-electron chi connectivity index (χ4n) is 0.142. The molecule has 0 aliphatic carbocycles. The van der Waals surface area contributed by atoms with Crippen molar-refractivity contribution in [3.63, 3.8) is 0 Å². The van der Waals surface area contributed by atoms with Gasteiger partial charge in [-0.3, -0.25) is 0 Å². The third-order valence-electron chi connectivity index (χ3n) is 0.397. The lowest BCUT2D eigenvalue weighted by Crippen LogP contribution is -2.10. The van der Waals surface area contributed by atoms with Gasteiger partial charge < -0.3 is 4.89 Å². The third-order valence-corrected chi connectivity index (χ3v) is 0.397. The molecule has 0 aromatic rings. The molecule has 0 unspecified atom stereocenters. The molecule has 2 nitrogen and oxygen atoms in total. The van der Waals surface area contributed by atoms with Gasteiger partial charge in [0.1, 0.15) is 0 Å². The highest BCUT2D eigenvalue weighted by Crippen LogP contribution is 2.05. The van der Waals surface area contributed by atoms with Crippen LogP contribution in [0.1, 0.15) is 0 Å². The van der Waals surface area contributed by atoms with Crippen LogP contribution in [0.2, 0.25) is 0 Å². The molecule has 2 heteroatoms. The molecule has 28 valence electrons. The Morgan fingerprint density at radius 2 is 2.20 bits per heavy atom. The van der Waals surface area contributed by atoms with E-state index in [1.54, 1.807) is 0 Å². The van der Waals surface area contributed by atoms with Crippen LogP contribution in [0.3, 0.4) is 0 Å². The quantitative estimate of drug-likeness (QED) is 0.387. The lowest BCUT2D eigenvalue weighted by atomic mass is 10.6. The average molecular weight is 72.1 g/mol. The predicted molar refractivity (Wildman–Crippen MR) is 16.2 cm³/mol. The van der Waals surface area contributed by atoms with Crippen LogP contribution in [0.15, 0.2) is 12.3 Å². The maximum absolute atomic E-state index is 4.24. The largest absolute Gasteiger partial charge is 0.340 e. The monoisotopic (exact) mass is 72.0 g/mol.